The van der Waals surface area contributed by atoms with E-state index in [0.29, 0.717) is 0 Å². The first-order valence-electron chi connectivity index (χ1n) is 5.80. The minimum atomic E-state index is 1.08. The van der Waals surface area contributed by atoms with E-state index in [9.17, 15) is 0 Å². The number of rotatable bonds is 6. The van der Waals surface area contributed by atoms with Crippen molar-refractivity contribution in [1.82, 2.24) is 0 Å². The number of hydrogen-bond donors (Lipinski definition) is 2. The zero-order valence-electron chi connectivity index (χ0n) is 10.1. The van der Waals surface area contributed by atoms with E-state index in [1.807, 2.05) is 7.05 Å². The molecular formula is C13H22N2. The van der Waals surface area contributed by atoms with Gasteiger partial charge in [-0.1, -0.05) is 19.8 Å². The first-order chi connectivity index (χ1) is 7.27. The molecule has 0 heterocycles. The second-order valence-electron chi connectivity index (χ2n) is 3.91. The SMILES string of the molecule is CCCCCNc1ccc(NC)c(C)c1. The summed E-state index contributed by atoms with van der Waals surface area (Å²) in [5.41, 5.74) is 3.72. The van der Waals surface area contributed by atoms with Crippen LogP contribution < -0.4 is 10.6 Å². The molecule has 0 fully saturated rings. The third-order valence-corrected chi connectivity index (χ3v) is 2.61. The van der Waals surface area contributed by atoms with Gasteiger partial charge in [-0.05, 0) is 37.1 Å². The van der Waals surface area contributed by atoms with Crippen molar-refractivity contribution in [2.45, 2.75) is 33.1 Å². The van der Waals surface area contributed by atoms with Gasteiger partial charge in [-0.15, -0.1) is 0 Å². The average molecular weight is 206 g/mol. The molecule has 1 aromatic rings. The van der Waals surface area contributed by atoms with Gasteiger partial charge in [0.2, 0.25) is 0 Å². The molecule has 2 nitrogen and oxygen atoms in total. The summed E-state index contributed by atoms with van der Waals surface area (Å²) in [4.78, 5) is 0. The highest BCUT2D eigenvalue weighted by atomic mass is 14.9. The van der Waals surface area contributed by atoms with Gasteiger partial charge in [-0.25, -0.2) is 0 Å². The number of benzene rings is 1. The molecule has 0 unspecified atom stereocenters. The average Bonchev–Trinajstić information content (AvgIpc) is 2.25. The Bertz CT molecular complexity index is 295. The summed E-state index contributed by atoms with van der Waals surface area (Å²) in [6.45, 7) is 5.43. The molecule has 2 N–H and O–H groups in total. The van der Waals surface area contributed by atoms with Crippen LogP contribution in [-0.4, -0.2) is 13.6 Å². The molecule has 0 aliphatic rings. The van der Waals surface area contributed by atoms with Crippen molar-refractivity contribution in [2.75, 3.05) is 24.2 Å². The zero-order valence-corrected chi connectivity index (χ0v) is 10.1. The van der Waals surface area contributed by atoms with Crippen molar-refractivity contribution in [3.05, 3.63) is 23.8 Å². The lowest BCUT2D eigenvalue weighted by molar-refractivity contribution is 0.744. The first-order valence-corrected chi connectivity index (χ1v) is 5.80. The van der Waals surface area contributed by atoms with Crippen LogP contribution in [0.3, 0.4) is 0 Å². The van der Waals surface area contributed by atoms with Crippen LogP contribution in [0.15, 0.2) is 18.2 Å². The van der Waals surface area contributed by atoms with Crippen LogP contribution in [0.4, 0.5) is 11.4 Å². The van der Waals surface area contributed by atoms with Crippen LogP contribution in [0.25, 0.3) is 0 Å². The molecule has 84 valence electrons. The summed E-state index contributed by atoms with van der Waals surface area (Å²) < 4.78 is 0. The Morgan fingerprint density at radius 1 is 1.20 bits per heavy atom. The molecule has 0 spiro atoms. The van der Waals surface area contributed by atoms with E-state index in [-0.39, 0.29) is 0 Å². The number of hydrogen-bond acceptors (Lipinski definition) is 2. The second kappa shape index (κ2) is 6.33. The fourth-order valence-corrected chi connectivity index (χ4v) is 1.66. The molecule has 15 heavy (non-hydrogen) atoms. The van der Waals surface area contributed by atoms with Gasteiger partial charge in [-0.3, -0.25) is 0 Å². The molecule has 0 saturated carbocycles. The standard InChI is InChI=1S/C13H22N2/c1-4-5-6-9-15-12-7-8-13(14-3)11(2)10-12/h7-8,10,14-15H,4-6,9H2,1-3H3. The third kappa shape index (κ3) is 3.82. The topological polar surface area (TPSA) is 24.1 Å². The first kappa shape index (κ1) is 11.9. The number of nitrogens with one attached hydrogen (secondary N) is 2. The monoisotopic (exact) mass is 206 g/mol. The van der Waals surface area contributed by atoms with E-state index in [4.69, 9.17) is 0 Å². The summed E-state index contributed by atoms with van der Waals surface area (Å²) >= 11 is 0. The van der Waals surface area contributed by atoms with Crippen LogP contribution in [0, 0.1) is 6.92 Å². The number of anilines is 2. The molecular weight excluding hydrogens is 184 g/mol. The Kier molecular flexibility index (Phi) is 5.02. The van der Waals surface area contributed by atoms with Gasteiger partial charge in [0.25, 0.3) is 0 Å². The predicted octanol–water partition coefficient (Wildman–Crippen LogP) is 3.64. The zero-order chi connectivity index (χ0) is 11.1. The molecule has 0 aliphatic heterocycles. The van der Waals surface area contributed by atoms with Crippen LogP contribution >= 0.6 is 0 Å². The van der Waals surface area contributed by atoms with Gasteiger partial charge >= 0.3 is 0 Å². The van der Waals surface area contributed by atoms with Crippen molar-refractivity contribution in [2.24, 2.45) is 0 Å². The van der Waals surface area contributed by atoms with Crippen molar-refractivity contribution >= 4 is 11.4 Å². The predicted molar refractivity (Wildman–Crippen MR) is 68.7 cm³/mol. The second-order valence-corrected chi connectivity index (χ2v) is 3.91. The fourth-order valence-electron chi connectivity index (χ4n) is 1.66. The van der Waals surface area contributed by atoms with Crippen LogP contribution in [-0.2, 0) is 0 Å². The lowest BCUT2D eigenvalue weighted by Gasteiger charge is -2.09. The molecule has 0 saturated heterocycles. The minimum absolute atomic E-state index is 1.08. The highest BCUT2D eigenvalue weighted by Gasteiger charge is 1.97. The van der Waals surface area contributed by atoms with Gasteiger partial charge in [0.15, 0.2) is 0 Å². The summed E-state index contributed by atoms with van der Waals surface area (Å²) in [6, 6.07) is 6.44. The molecule has 1 rings (SSSR count). The van der Waals surface area contributed by atoms with Gasteiger partial charge < -0.3 is 10.6 Å². The van der Waals surface area contributed by atoms with Crippen LogP contribution in [0.5, 0.6) is 0 Å². The van der Waals surface area contributed by atoms with E-state index in [1.54, 1.807) is 0 Å². The van der Waals surface area contributed by atoms with Crippen molar-refractivity contribution in [3.63, 3.8) is 0 Å². The van der Waals surface area contributed by atoms with Gasteiger partial charge in [0.05, 0.1) is 0 Å². The number of unbranched alkanes of at least 4 members (excludes halogenated alkanes) is 2. The molecule has 2 heteroatoms. The van der Waals surface area contributed by atoms with Crippen molar-refractivity contribution < 1.29 is 0 Å². The quantitative estimate of drug-likeness (QED) is 0.694. The van der Waals surface area contributed by atoms with Crippen LogP contribution in [0.1, 0.15) is 31.7 Å². The van der Waals surface area contributed by atoms with Gasteiger partial charge in [0, 0.05) is 25.0 Å². The van der Waals surface area contributed by atoms with E-state index >= 15 is 0 Å². The maximum absolute atomic E-state index is 3.44. The van der Waals surface area contributed by atoms with E-state index in [1.165, 1.54) is 36.2 Å². The summed E-state index contributed by atoms with van der Waals surface area (Å²) in [7, 11) is 1.96. The molecule has 0 atom stereocenters. The Labute approximate surface area is 93.1 Å². The van der Waals surface area contributed by atoms with Gasteiger partial charge in [0.1, 0.15) is 0 Å². The third-order valence-electron chi connectivity index (χ3n) is 2.61. The molecule has 0 aromatic heterocycles. The van der Waals surface area contributed by atoms with E-state index in [2.05, 4.69) is 42.7 Å². The summed E-state index contributed by atoms with van der Waals surface area (Å²) in [6.07, 6.45) is 3.84. The van der Waals surface area contributed by atoms with E-state index < -0.39 is 0 Å². The molecule has 0 bridgehead atoms. The van der Waals surface area contributed by atoms with Crippen molar-refractivity contribution in [3.8, 4) is 0 Å². The minimum Gasteiger partial charge on any atom is -0.388 e. The Hall–Kier alpha value is -1.18. The summed E-state index contributed by atoms with van der Waals surface area (Å²) in [5, 5.41) is 6.61. The normalized spacial score (nSPS) is 10.1. The van der Waals surface area contributed by atoms with Gasteiger partial charge in [-0.2, -0.15) is 0 Å². The molecule has 0 radical (unpaired) electrons. The highest BCUT2D eigenvalue weighted by molar-refractivity contribution is 5.58. The Morgan fingerprint density at radius 2 is 2.00 bits per heavy atom. The van der Waals surface area contributed by atoms with Crippen molar-refractivity contribution in [1.29, 1.82) is 0 Å². The molecule has 0 amide bonds. The van der Waals surface area contributed by atoms with E-state index in [0.717, 1.165) is 6.54 Å². The summed E-state index contributed by atoms with van der Waals surface area (Å²) in [5.74, 6) is 0. The maximum Gasteiger partial charge on any atom is 0.0368 e. The fraction of sp³-hybridized carbons (Fsp3) is 0.538. The largest absolute Gasteiger partial charge is 0.388 e. The highest BCUT2D eigenvalue weighted by Crippen LogP contribution is 2.18. The molecule has 0 aliphatic carbocycles. The lowest BCUT2D eigenvalue weighted by Crippen LogP contribution is -2.02. The maximum atomic E-state index is 3.44. The Morgan fingerprint density at radius 3 is 2.60 bits per heavy atom. The number of aryl methyl sites for hydroxylation is 1. The van der Waals surface area contributed by atoms with Crippen LogP contribution in [0.2, 0.25) is 0 Å². The molecule has 1 aromatic carbocycles. The Balaban J connectivity index is 2.45. The lowest BCUT2D eigenvalue weighted by atomic mass is 10.1. The smallest absolute Gasteiger partial charge is 0.0368 e.